The summed E-state index contributed by atoms with van der Waals surface area (Å²) in [4.78, 5) is 13.7. The quantitative estimate of drug-likeness (QED) is 0.575. The average molecular weight is 269 g/mol. The molecular formula is C15H15N3O2. The van der Waals surface area contributed by atoms with Crippen LogP contribution in [0.25, 0.3) is 0 Å². The summed E-state index contributed by atoms with van der Waals surface area (Å²) >= 11 is 0. The third-order valence-corrected chi connectivity index (χ3v) is 3.32. The summed E-state index contributed by atoms with van der Waals surface area (Å²) < 4.78 is 0. The summed E-state index contributed by atoms with van der Waals surface area (Å²) in [5.41, 5.74) is 8.79. The van der Waals surface area contributed by atoms with Gasteiger partial charge >= 0.3 is 0 Å². The molecular weight excluding hydrogens is 254 g/mol. The summed E-state index contributed by atoms with van der Waals surface area (Å²) in [6.07, 6.45) is 0. The lowest BCUT2D eigenvalue weighted by atomic mass is 10.1. The fraction of sp³-hybridized carbons (Fsp3) is 0.133. The van der Waals surface area contributed by atoms with E-state index in [1.807, 2.05) is 29.2 Å². The van der Waals surface area contributed by atoms with Crippen LogP contribution in [0.15, 0.2) is 42.5 Å². The van der Waals surface area contributed by atoms with E-state index in [0.29, 0.717) is 18.8 Å². The highest BCUT2D eigenvalue weighted by Gasteiger charge is 2.21. The molecule has 0 radical (unpaired) electrons. The molecule has 4 N–H and O–H groups in total. The molecule has 1 amide bonds. The van der Waals surface area contributed by atoms with E-state index in [1.165, 1.54) is 0 Å². The van der Waals surface area contributed by atoms with E-state index >= 15 is 0 Å². The Balaban J connectivity index is 1.90. The SMILES string of the molecule is Nc1cc(CN2CC(=O)Nc3ccccc32)ccc1O. The molecule has 0 aliphatic carbocycles. The van der Waals surface area contributed by atoms with Crippen LogP contribution in [-0.4, -0.2) is 17.6 Å². The van der Waals surface area contributed by atoms with E-state index in [2.05, 4.69) is 5.32 Å². The molecule has 0 saturated heterocycles. The summed E-state index contributed by atoms with van der Waals surface area (Å²) in [5, 5.41) is 12.3. The van der Waals surface area contributed by atoms with Gasteiger partial charge in [-0.15, -0.1) is 0 Å². The lowest BCUT2D eigenvalue weighted by Crippen LogP contribution is -2.37. The van der Waals surface area contributed by atoms with Gasteiger partial charge in [0.05, 0.1) is 23.6 Å². The Morgan fingerprint density at radius 3 is 2.85 bits per heavy atom. The Morgan fingerprint density at radius 1 is 1.25 bits per heavy atom. The van der Waals surface area contributed by atoms with E-state index < -0.39 is 0 Å². The van der Waals surface area contributed by atoms with Crippen molar-refractivity contribution in [3.8, 4) is 5.75 Å². The number of nitrogen functional groups attached to an aromatic ring is 1. The molecule has 0 fully saturated rings. The van der Waals surface area contributed by atoms with Gasteiger partial charge in [-0.1, -0.05) is 18.2 Å². The minimum absolute atomic E-state index is 0.0320. The Hall–Kier alpha value is -2.69. The number of fused-ring (bicyclic) bond motifs is 1. The number of nitrogens with zero attached hydrogens (tertiary/aromatic N) is 1. The molecule has 1 heterocycles. The average Bonchev–Trinajstić information content (AvgIpc) is 2.43. The lowest BCUT2D eigenvalue weighted by molar-refractivity contribution is -0.115. The largest absolute Gasteiger partial charge is 0.506 e. The van der Waals surface area contributed by atoms with Gasteiger partial charge in [-0.3, -0.25) is 4.79 Å². The van der Waals surface area contributed by atoms with Crippen molar-refractivity contribution in [2.45, 2.75) is 6.54 Å². The fourth-order valence-corrected chi connectivity index (χ4v) is 2.37. The molecule has 5 heteroatoms. The van der Waals surface area contributed by atoms with Crippen LogP contribution in [-0.2, 0) is 11.3 Å². The van der Waals surface area contributed by atoms with Crippen LogP contribution in [0.4, 0.5) is 17.1 Å². The highest BCUT2D eigenvalue weighted by atomic mass is 16.3. The highest BCUT2D eigenvalue weighted by molar-refractivity contribution is 6.01. The van der Waals surface area contributed by atoms with Crippen molar-refractivity contribution in [1.29, 1.82) is 0 Å². The van der Waals surface area contributed by atoms with E-state index in [9.17, 15) is 9.90 Å². The summed E-state index contributed by atoms with van der Waals surface area (Å²) in [6.45, 7) is 0.868. The Labute approximate surface area is 116 Å². The summed E-state index contributed by atoms with van der Waals surface area (Å²) in [5.74, 6) is 0.0426. The Morgan fingerprint density at radius 2 is 2.05 bits per heavy atom. The smallest absolute Gasteiger partial charge is 0.243 e. The van der Waals surface area contributed by atoms with Crippen molar-refractivity contribution in [3.63, 3.8) is 0 Å². The number of phenols is 1. The first-order valence-corrected chi connectivity index (χ1v) is 6.34. The number of phenolic OH excluding ortho intramolecular Hbond substituents is 1. The van der Waals surface area contributed by atoms with Crippen molar-refractivity contribution in [2.24, 2.45) is 0 Å². The molecule has 3 rings (SSSR count). The van der Waals surface area contributed by atoms with Gasteiger partial charge in [0.15, 0.2) is 0 Å². The predicted octanol–water partition coefficient (Wildman–Crippen LogP) is 1.93. The first-order valence-electron chi connectivity index (χ1n) is 6.34. The van der Waals surface area contributed by atoms with Gasteiger partial charge < -0.3 is 21.1 Å². The molecule has 1 aliphatic heterocycles. The number of anilines is 3. The molecule has 102 valence electrons. The number of amides is 1. The topological polar surface area (TPSA) is 78.6 Å². The minimum Gasteiger partial charge on any atom is -0.506 e. The van der Waals surface area contributed by atoms with E-state index in [0.717, 1.165) is 16.9 Å². The molecule has 5 nitrogen and oxygen atoms in total. The number of hydrogen-bond acceptors (Lipinski definition) is 4. The fourth-order valence-electron chi connectivity index (χ4n) is 2.37. The predicted molar refractivity (Wildman–Crippen MR) is 78.6 cm³/mol. The van der Waals surface area contributed by atoms with Crippen LogP contribution >= 0.6 is 0 Å². The number of nitrogens with two attached hydrogens (primary N) is 1. The van der Waals surface area contributed by atoms with Crippen LogP contribution in [0, 0.1) is 0 Å². The number of carbonyl (C=O) groups is 1. The maximum atomic E-state index is 11.7. The highest BCUT2D eigenvalue weighted by Crippen LogP contribution is 2.30. The maximum Gasteiger partial charge on any atom is 0.243 e. The van der Waals surface area contributed by atoms with Gasteiger partial charge in [0, 0.05) is 6.54 Å². The molecule has 0 aromatic heterocycles. The number of benzene rings is 2. The van der Waals surface area contributed by atoms with Gasteiger partial charge in [0.25, 0.3) is 0 Å². The number of hydrogen-bond donors (Lipinski definition) is 3. The maximum absolute atomic E-state index is 11.7. The van der Waals surface area contributed by atoms with E-state index in [4.69, 9.17) is 5.73 Å². The van der Waals surface area contributed by atoms with Gasteiger partial charge in [-0.05, 0) is 29.8 Å². The third-order valence-electron chi connectivity index (χ3n) is 3.32. The summed E-state index contributed by atoms with van der Waals surface area (Å²) in [7, 11) is 0. The molecule has 20 heavy (non-hydrogen) atoms. The van der Waals surface area contributed by atoms with Crippen LogP contribution in [0.2, 0.25) is 0 Å². The van der Waals surface area contributed by atoms with Crippen molar-refractivity contribution < 1.29 is 9.90 Å². The molecule has 1 aliphatic rings. The van der Waals surface area contributed by atoms with Crippen molar-refractivity contribution in [3.05, 3.63) is 48.0 Å². The monoisotopic (exact) mass is 269 g/mol. The molecule has 0 spiro atoms. The molecule has 2 aromatic carbocycles. The zero-order valence-electron chi connectivity index (χ0n) is 10.8. The standard InChI is InChI=1S/C15H15N3O2/c16-11-7-10(5-6-14(11)19)8-18-9-15(20)17-12-3-1-2-4-13(12)18/h1-7,19H,8-9,16H2,(H,17,20). The summed E-state index contributed by atoms with van der Waals surface area (Å²) in [6, 6.07) is 12.8. The van der Waals surface area contributed by atoms with Crippen LogP contribution < -0.4 is 16.0 Å². The molecule has 0 bridgehead atoms. The Bertz CT molecular complexity index is 670. The second kappa shape index (κ2) is 4.77. The van der Waals surface area contributed by atoms with Crippen molar-refractivity contribution in [1.82, 2.24) is 0 Å². The van der Waals surface area contributed by atoms with Crippen LogP contribution in [0.5, 0.6) is 5.75 Å². The zero-order valence-corrected chi connectivity index (χ0v) is 10.8. The van der Waals surface area contributed by atoms with Crippen LogP contribution in [0.3, 0.4) is 0 Å². The molecule has 0 saturated carbocycles. The van der Waals surface area contributed by atoms with Gasteiger partial charge in [0.1, 0.15) is 5.75 Å². The normalized spacial score (nSPS) is 13.8. The van der Waals surface area contributed by atoms with Crippen LogP contribution in [0.1, 0.15) is 5.56 Å². The van der Waals surface area contributed by atoms with Gasteiger partial charge in [-0.2, -0.15) is 0 Å². The molecule has 0 atom stereocenters. The van der Waals surface area contributed by atoms with Crippen molar-refractivity contribution in [2.75, 3.05) is 22.5 Å². The van der Waals surface area contributed by atoms with E-state index in [1.54, 1.807) is 18.2 Å². The number of aromatic hydroxyl groups is 1. The lowest BCUT2D eigenvalue weighted by Gasteiger charge is -2.31. The zero-order chi connectivity index (χ0) is 14.1. The molecule has 2 aromatic rings. The number of carbonyl (C=O) groups excluding carboxylic acids is 1. The number of para-hydroxylation sites is 2. The first-order chi connectivity index (χ1) is 9.63. The second-order valence-corrected chi connectivity index (χ2v) is 4.81. The first kappa shape index (κ1) is 12.3. The second-order valence-electron chi connectivity index (χ2n) is 4.81. The molecule has 0 unspecified atom stereocenters. The Kier molecular flexibility index (Phi) is 2.95. The van der Waals surface area contributed by atoms with E-state index in [-0.39, 0.29) is 11.7 Å². The van der Waals surface area contributed by atoms with Gasteiger partial charge in [-0.25, -0.2) is 0 Å². The van der Waals surface area contributed by atoms with Crippen molar-refractivity contribution >= 4 is 23.0 Å². The number of rotatable bonds is 2. The number of nitrogens with one attached hydrogen (secondary N) is 1. The minimum atomic E-state index is -0.0320. The van der Waals surface area contributed by atoms with Gasteiger partial charge in [0.2, 0.25) is 5.91 Å². The third kappa shape index (κ3) is 2.25.